The zero-order valence-corrected chi connectivity index (χ0v) is 15.5. The van der Waals surface area contributed by atoms with Crippen LogP contribution in [0.2, 0.25) is 0 Å². The van der Waals surface area contributed by atoms with E-state index in [1.165, 1.54) is 19.3 Å². The molecule has 1 atom stereocenters. The minimum atomic E-state index is -0.154. The molecule has 1 saturated carbocycles. The second kappa shape index (κ2) is 6.62. The van der Waals surface area contributed by atoms with Gasteiger partial charge in [0.1, 0.15) is 5.01 Å². The van der Waals surface area contributed by atoms with Crippen LogP contribution in [0.15, 0.2) is 0 Å². The maximum absolute atomic E-state index is 13.2. The van der Waals surface area contributed by atoms with Crippen LogP contribution in [0.1, 0.15) is 56.9 Å². The van der Waals surface area contributed by atoms with Gasteiger partial charge >= 0.3 is 0 Å². The number of carbonyl (C=O) groups is 1. The van der Waals surface area contributed by atoms with Crippen molar-refractivity contribution >= 4 is 22.4 Å². The Labute approximate surface area is 148 Å². The Hall–Kier alpha value is -1.17. The average molecular weight is 349 g/mol. The van der Waals surface area contributed by atoms with Crippen LogP contribution in [0.3, 0.4) is 0 Å². The van der Waals surface area contributed by atoms with Crippen molar-refractivity contribution in [1.82, 2.24) is 15.1 Å². The van der Waals surface area contributed by atoms with Crippen molar-refractivity contribution in [2.45, 2.75) is 58.3 Å². The zero-order valence-electron chi connectivity index (χ0n) is 14.7. The van der Waals surface area contributed by atoms with Crippen LogP contribution in [-0.4, -0.2) is 47.2 Å². The Kier molecular flexibility index (Phi) is 4.50. The Balaban J connectivity index is 1.43. The summed E-state index contributed by atoms with van der Waals surface area (Å²) in [5.74, 6) is 1.18. The molecule has 0 radical (unpaired) electrons. The maximum Gasteiger partial charge on any atom is 0.230 e. The SMILES string of the molecule is CCCc1nnc(N2CCC3(CCCN(CC4CCC4)C3=O)C2)s1. The fourth-order valence-corrected chi connectivity index (χ4v) is 5.38. The Morgan fingerprint density at radius 2 is 2.08 bits per heavy atom. The number of aromatic nitrogens is 2. The van der Waals surface area contributed by atoms with E-state index in [0.717, 1.165) is 74.3 Å². The molecule has 1 amide bonds. The molecule has 132 valence electrons. The summed E-state index contributed by atoms with van der Waals surface area (Å²) in [5, 5.41) is 10.8. The minimum Gasteiger partial charge on any atom is -0.346 e. The summed E-state index contributed by atoms with van der Waals surface area (Å²) in [5.41, 5.74) is -0.154. The van der Waals surface area contributed by atoms with Gasteiger partial charge in [-0.25, -0.2) is 0 Å². The van der Waals surface area contributed by atoms with Gasteiger partial charge in [-0.2, -0.15) is 0 Å². The van der Waals surface area contributed by atoms with E-state index in [0.29, 0.717) is 5.91 Å². The molecule has 24 heavy (non-hydrogen) atoms. The topological polar surface area (TPSA) is 49.3 Å². The van der Waals surface area contributed by atoms with Crippen LogP contribution >= 0.6 is 11.3 Å². The third kappa shape index (κ3) is 2.93. The first kappa shape index (κ1) is 16.3. The lowest BCUT2D eigenvalue weighted by molar-refractivity contribution is -0.146. The Bertz CT molecular complexity index is 600. The highest BCUT2D eigenvalue weighted by Gasteiger charge is 2.49. The number of likely N-dealkylation sites (tertiary alicyclic amines) is 1. The van der Waals surface area contributed by atoms with Crippen molar-refractivity contribution < 1.29 is 4.79 Å². The van der Waals surface area contributed by atoms with Crippen molar-refractivity contribution in [3.63, 3.8) is 0 Å². The van der Waals surface area contributed by atoms with Gasteiger partial charge in [-0.3, -0.25) is 4.79 Å². The van der Waals surface area contributed by atoms with Crippen molar-refractivity contribution in [3.05, 3.63) is 5.01 Å². The van der Waals surface area contributed by atoms with E-state index in [1.54, 1.807) is 11.3 Å². The number of hydrogen-bond donors (Lipinski definition) is 0. The largest absolute Gasteiger partial charge is 0.346 e. The van der Waals surface area contributed by atoms with E-state index >= 15 is 0 Å². The van der Waals surface area contributed by atoms with Crippen LogP contribution in [0, 0.1) is 11.3 Å². The molecular formula is C18H28N4OS. The summed E-state index contributed by atoms with van der Waals surface area (Å²) < 4.78 is 0. The second-order valence-electron chi connectivity index (χ2n) is 7.83. The summed E-state index contributed by atoms with van der Waals surface area (Å²) in [6.07, 6.45) is 9.27. The molecule has 1 aliphatic carbocycles. The number of amides is 1. The van der Waals surface area contributed by atoms with Crippen LogP contribution in [0.5, 0.6) is 0 Å². The quantitative estimate of drug-likeness (QED) is 0.820. The van der Waals surface area contributed by atoms with E-state index in [2.05, 4.69) is 26.9 Å². The molecule has 1 aromatic heterocycles. The molecule has 3 heterocycles. The van der Waals surface area contributed by atoms with E-state index < -0.39 is 0 Å². The van der Waals surface area contributed by atoms with Crippen LogP contribution in [0.4, 0.5) is 5.13 Å². The number of nitrogens with zero attached hydrogens (tertiary/aromatic N) is 4. The molecule has 1 spiro atoms. The summed E-state index contributed by atoms with van der Waals surface area (Å²) >= 11 is 1.71. The predicted octanol–water partition coefficient (Wildman–Crippen LogP) is 3.11. The molecular weight excluding hydrogens is 320 g/mol. The molecule has 0 N–H and O–H groups in total. The van der Waals surface area contributed by atoms with E-state index in [-0.39, 0.29) is 5.41 Å². The fourth-order valence-electron chi connectivity index (χ4n) is 4.42. The maximum atomic E-state index is 13.2. The lowest BCUT2D eigenvalue weighted by Crippen LogP contribution is -2.51. The van der Waals surface area contributed by atoms with Gasteiger partial charge in [0.05, 0.1) is 5.41 Å². The fraction of sp³-hybridized carbons (Fsp3) is 0.833. The van der Waals surface area contributed by atoms with Gasteiger partial charge in [-0.1, -0.05) is 24.7 Å². The number of hydrogen-bond acceptors (Lipinski definition) is 5. The highest BCUT2D eigenvalue weighted by molar-refractivity contribution is 7.15. The smallest absolute Gasteiger partial charge is 0.230 e. The Morgan fingerprint density at radius 1 is 1.21 bits per heavy atom. The average Bonchev–Trinajstić information content (AvgIpc) is 3.15. The van der Waals surface area contributed by atoms with Gasteiger partial charge in [0.2, 0.25) is 11.0 Å². The lowest BCUT2D eigenvalue weighted by Gasteiger charge is -2.42. The molecule has 0 aromatic carbocycles. The first-order chi connectivity index (χ1) is 11.7. The van der Waals surface area contributed by atoms with Crippen molar-refractivity contribution in [2.24, 2.45) is 11.3 Å². The van der Waals surface area contributed by atoms with Gasteiger partial charge < -0.3 is 9.80 Å². The standard InChI is InChI=1S/C18H28N4OS/c1-2-5-15-19-20-17(24-15)22-11-9-18(13-22)8-4-10-21(16(18)23)12-14-6-3-7-14/h14H,2-13H2,1H3. The summed E-state index contributed by atoms with van der Waals surface area (Å²) in [6.45, 7) is 5.93. The van der Waals surface area contributed by atoms with Gasteiger partial charge in [0, 0.05) is 32.6 Å². The number of anilines is 1. The van der Waals surface area contributed by atoms with Crippen molar-refractivity contribution in [3.8, 4) is 0 Å². The van der Waals surface area contributed by atoms with Gasteiger partial charge in [0.25, 0.3) is 0 Å². The molecule has 3 fully saturated rings. The first-order valence-electron chi connectivity index (χ1n) is 9.57. The minimum absolute atomic E-state index is 0.154. The van der Waals surface area contributed by atoms with E-state index in [1.807, 2.05) is 0 Å². The van der Waals surface area contributed by atoms with Gasteiger partial charge in [-0.05, 0) is 44.4 Å². The lowest BCUT2D eigenvalue weighted by atomic mass is 9.77. The Morgan fingerprint density at radius 3 is 2.83 bits per heavy atom. The molecule has 6 heteroatoms. The second-order valence-corrected chi connectivity index (χ2v) is 8.87. The summed E-state index contributed by atoms with van der Waals surface area (Å²) in [4.78, 5) is 17.7. The molecule has 1 aromatic rings. The normalized spacial score (nSPS) is 28.0. The molecule has 2 aliphatic heterocycles. The van der Waals surface area contributed by atoms with Crippen molar-refractivity contribution in [1.29, 1.82) is 0 Å². The van der Waals surface area contributed by atoms with Crippen LogP contribution in [-0.2, 0) is 11.2 Å². The van der Waals surface area contributed by atoms with Crippen LogP contribution < -0.4 is 4.90 Å². The van der Waals surface area contributed by atoms with Gasteiger partial charge in [-0.15, -0.1) is 10.2 Å². The molecule has 3 aliphatic rings. The molecule has 4 rings (SSSR count). The number of piperidine rings is 1. The number of aryl methyl sites for hydroxylation is 1. The molecule has 2 saturated heterocycles. The molecule has 5 nitrogen and oxygen atoms in total. The van der Waals surface area contributed by atoms with Crippen LogP contribution in [0.25, 0.3) is 0 Å². The first-order valence-corrected chi connectivity index (χ1v) is 10.4. The highest BCUT2D eigenvalue weighted by Crippen LogP contribution is 2.43. The third-order valence-electron chi connectivity index (χ3n) is 6.07. The number of carbonyl (C=O) groups excluding carboxylic acids is 1. The highest BCUT2D eigenvalue weighted by atomic mass is 32.1. The summed E-state index contributed by atoms with van der Waals surface area (Å²) in [6, 6.07) is 0. The van der Waals surface area contributed by atoms with E-state index in [9.17, 15) is 4.79 Å². The monoisotopic (exact) mass is 348 g/mol. The zero-order chi connectivity index (χ0) is 16.6. The van der Waals surface area contributed by atoms with E-state index in [4.69, 9.17) is 0 Å². The number of rotatable bonds is 5. The third-order valence-corrected chi connectivity index (χ3v) is 7.12. The molecule has 0 bridgehead atoms. The predicted molar refractivity (Wildman–Crippen MR) is 96.3 cm³/mol. The molecule has 1 unspecified atom stereocenters. The van der Waals surface area contributed by atoms with Crippen molar-refractivity contribution in [2.75, 3.05) is 31.1 Å². The summed E-state index contributed by atoms with van der Waals surface area (Å²) in [7, 11) is 0. The van der Waals surface area contributed by atoms with Gasteiger partial charge in [0.15, 0.2) is 0 Å².